The molecule has 0 bridgehead atoms. The van der Waals surface area contributed by atoms with E-state index in [1.807, 2.05) is 18.2 Å². The van der Waals surface area contributed by atoms with Crippen LogP contribution in [0.2, 0.25) is 10.0 Å². The lowest BCUT2D eigenvalue weighted by molar-refractivity contribution is 0.280. The third-order valence-electron chi connectivity index (χ3n) is 2.69. The Morgan fingerprint density at radius 2 is 1.94 bits per heavy atom. The summed E-state index contributed by atoms with van der Waals surface area (Å²) >= 11 is 11.9. The van der Waals surface area contributed by atoms with Crippen LogP contribution in [-0.4, -0.2) is 31.1 Å². The number of halogens is 2. The molecule has 17 heavy (non-hydrogen) atoms. The minimum absolute atomic E-state index is 0.617. The van der Waals surface area contributed by atoms with Gasteiger partial charge in [0, 0.05) is 19.6 Å². The van der Waals surface area contributed by atoms with E-state index in [9.17, 15) is 0 Å². The Labute approximate surface area is 114 Å². The fourth-order valence-corrected chi connectivity index (χ4v) is 1.98. The quantitative estimate of drug-likeness (QED) is 0.767. The third kappa shape index (κ3) is 5.26. The van der Waals surface area contributed by atoms with Crippen LogP contribution in [0.4, 0.5) is 0 Å². The molecule has 0 fully saturated rings. The van der Waals surface area contributed by atoms with E-state index in [0.717, 1.165) is 32.7 Å². The number of benzene rings is 1. The topological polar surface area (TPSA) is 15.3 Å². The van der Waals surface area contributed by atoms with Crippen molar-refractivity contribution in [3.05, 3.63) is 33.8 Å². The molecule has 0 aliphatic carbocycles. The van der Waals surface area contributed by atoms with Crippen LogP contribution in [0.3, 0.4) is 0 Å². The van der Waals surface area contributed by atoms with Crippen molar-refractivity contribution in [3.63, 3.8) is 0 Å². The van der Waals surface area contributed by atoms with Crippen molar-refractivity contribution < 1.29 is 0 Å². The Balaban J connectivity index is 2.51. The van der Waals surface area contributed by atoms with Crippen molar-refractivity contribution in [1.82, 2.24) is 10.2 Å². The summed E-state index contributed by atoms with van der Waals surface area (Å²) in [5.41, 5.74) is 1.21. The van der Waals surface area contributed by atoms with E-state index in [4.69, 9.17) is 23.2 Å². The fraction of sp³-hybridized carbons (Fsp3) is 0.538. The molecule has 4 heteroatoms. The standard InChI is InChI=1S/C13H20Cl2N2/c1-3-16-7-8-17(4-2)10-11-5-6-12(14)13(15)9-11/h5-6,9,16H,3-4,7-8,10H2,1-2H3. The normalized spacial score (nSPS) is 11.1. The highest BCUT2D eigenvalue weighted by Crippen LogP contribution is 2.23. The highest BCUT2D eigenvalue weighted by molar-refractivity contribution is 6.42. The van der Waals surface area contributed by atoms with E-state index in [1.165, 1.54) is 5.56 Å². The van der Waals surface area contributed by atoms with Gasteiger partial charge in [0.05, 0.1) is 10.0 Å². The Morgan fingerprint density at radius 1 is 1.18 bits per heavy atom. The first kappa shape index (κ1) is 14.8. The second kappa shape index (κ2) is 7.93. The highest BCUT2D eigenvalue weighted by Gasteiger charge is 2.05. The van der Waals surface area contributed by atoms with Crippen molar-refractivity contribution in [2.45, 2.75) is 20.4 Å². The summed E-state index contributed by atoms with van der Waals surface area (Å²) in [6.45, 7) is 9.32. The van der Waals surface area contributed by atoms with Gasteiger partial charge in [-0.05, 0) is 30.8 Å². The van der Waals surface area contributed by atoms with Crippen molar-refractivity contribution in [2.24, 2.45) is 0 Å². The molecule has 0 heterocycles. The lowest BCUT2D eigenvalue weighted by Crippen LogP contribution is -2.31. The first-order chi connectivity index (χ1) is 8.17. The number of nitrogens with zero attached hydrogens (tertiary/aromatic N) is 1. The predicted molar refractivity (Wildman–Crippen MR) is 76.0 cm³/mol. The Hall–Kier alpha value is -0.280. The Bertz CT molecular complexity index is 342. The van der Waals surface area contributed by atoms with Crippen LogP contribution in [-0.2, 0) is 6.54 Å². The molecule has 0 aliphatic rings. The number of nitrogens with one attached hydrogen (secondary N) is 1. The summed E-state index contributed by atoms with van der Waals surface area (Å²) in [6, 6.07) is 5.83. The van der Waals surface area contributed by atoms with Gasteiger partial charge in [-0.15, -0.1) is 0 Å². The smallest absolute Gasteiger partial charge is 0.0595 e. The summed E-state index contributed by atoms with van der Waals surface area (Å²) in [5, 5.41) is 4.58. The predicted octanol–water partition coefficient (Wildman–Crippen LogP) is 3.42. The summed E-state index contributed by atoms with van der Waals surface area (Å²) < 4.78 is 0. The first-order valence-corrected chi connectivity index (χ1v) is 6.80. The van der Waals surface area contributed by atoms with E-state index in [-0.39, 0.29) is 0 Å². The van der Waals surface area contributed by atoms with Gasteiger partial charge in [-0.2, -0.15) is 0 Å². The zero-order valence-corrected chi connectivity index (χ0v) is 12.0. The maximum absolute atomic E-state index is 6.00. The summed E-state index contributed by atoms with van der Waals surface area (Å²) in [5.74, 6) is 0. The Morgan fingerprint density at radius 3 is 2.53 bits per heavy atom. The van der Waals surface area contributed by atoms with E-state index in [2.05, 4.69) is 24.1 Å². The molecule has 0 atom stereocenters. The molecule has 0 amide bonds. The average Bonchev–Trinajstić information content (AvgIpc) is 2.32. The highest BCUT2D eigenvalue weighted by atomic mass is 35.5. The van der Waals surface area contributed by atoms with Crippen molar-refractivity contribution in [3.8, 4) is 0 Å². The van der Waals surface area contributed by atoms with E-state index >= 15 is 0 Å². The number of likely N-dealkylation sites (N-methyl/N-ethyl adjacent to an activating group) is 2. The third-order valence-corrected chi connectivity index (χ3v) is 3.43. The maximum Gasteiger partial charge on any atom is 0.0595 e. The SMILES string of the molecule is CCNCCN(CC)Cc1ccc(Cl)c(Cl)c1. The van der Waals surface area contributed by atoms with Gasteiger partial charge in [0.15, 0.2) is 0 Å². The molecular weight excluding hydrogens is 255 g/mol. The van der Waals surface area contributed by atoms with Gasteiger partial charge >= 0.3 is 0 Å². The van der Waals surface area contributed by atoms with E-state index < -0.39 is 0 Å². The lowest BCUT2D eigenvalue weighted by Gasteiger charge is -2.20. The Kier molecular flexibility index (Phi) is 6.90. The maximum atomic E-state index is 6.00. The molecule has 0 unspecified atom stereocenters. The van der Waals surface area contributed by atoms with Gasteiger partial charge in [0.25, 0.3) is 0 Å². The van der Waals surface area contributed by atoms with Gasteiger partial charge in [0.1, 0.15) is 0 Å². The fourth-order valence-electron chi connectivity index (χ4n) is 1.66. The molecule has 0 radical (unpaired) electrons. The number of hydrogen-bond donors (Lipinski definition) is 1. The van der Waals surface area contributed by atoms with Gasteiger partial charge in [-0.1, -0.05) is 43.1 Å². The summed E-state index contributed by atoms with van der Waals surface area (Å²) in [7, 11) is 0. The monoisotopic (exact) mass is 274 g/mol. The molecule has 2 nitrogen and oxygen atoms in total. The van der Waals surface area contributed by atoms with E-state index in [0.29, 0.717) is 10.0 Å². The van der Waals surface area contributed by atoms with Crippen LogP contribution in [0.5, 0.6) is 0 Å². The molecule has 1 rings (SSSR count). The van der Waals surface area contributed by atoms with Gasteiger partial charge in [-0.25, -0.2) is 0 Å². The molecule has 1 aromatic carbocycles. The minimum atomic E-state index is 0.617. The van der Waals surface area contributed by atoms with Crippen molar-refractivity contribution in [2.75, 3.05) is 26.2 Å². The molecule has 0 saturated carbocycles. The molecule has 0 spiro atoms. The number of hydrogen-bond acceptors (Lipinski definition) is 2. The zero-order chi connectivity index (χ0) is 12.7. The summed E-state index contributed by atoms with van der Waals surface area (Å²) in [6.07, 6.45) is 0. The van der Waals surface area contributed by atoms with Crippen LogP contribution in [0.1, 0.15) is 19.4 Å². The van der Waals surface area contributed by atoms with Crippen LogP contribution in [0, 0.1) is 0 Å². The second-order valence-corrected chi connectivity index (χ2v) is 4.79. The van der Waals surface area contributed by atoms with Crippen LogP contribution < -0.4 is 5.32 Å². The van der Waals surface area contributed by atoms with Crippen LogP contribution >= 0.6 is 23.2 Å². The summed E-state index contributed by atoms with van der Waals surface area (Å²) in [4.78, 5) is 2.38. The second-order valence-electron chi connectivity index (χ2n) is 3.97. The van der Waals surface area contributed by atoms with Crippen LogP contribution in [0.25, 0.3) is 0 Å². The molecular formula is C13H20Cl2N2. The minimum Gasteiger partial charge on any atom is -0.316 e. The van der Waals surface area contributed by atoms with Gasteiger partial charge < -0.3 is 5.32 Å². The molecule has 96 valence electrons. The molecule has 0 aliphatic heterocycles. The zero-order valence-electron chi connectivity index (χ0n) is 10.5. The molecule has 1 N–H and O–H groups in total. The first-order valence-electron chi connectivity index (χ1n) is 6.04. The lowest BCUT2D eigenvalue weighted by atomic mass is 10.2. The molecule has 1 aromatic rings. The van der Waals surface area contributed by atoms with Gasteiger partial charge in [-0.3, -0.25) is 4.90 Å². The van der Waals surface area contributed by atoms with Crippen LogP contribution in [0.15, 0.2) is 18.2 Å². The average molecular weight is 275 g/mol. The van der Waals surface area contributed by atoms with Crippen molar-refractivity contribution >= 4 is 23.2 Å². The van der Waals surface area contributed by atoms with Crippen molar-refractivity contribution in [1.29, 1.82) is 0 Å². The largest absolute Gasteiger partial charge is 0.316 e. The number of rotatable bonds is 7. The van der Waals surface area contributed by atoms with E-state index in [1.54, 1.807) is 0 Å². The van der Waals surface area contributed by atoms with Gasteiger partial charge in [0.2, 0.25) is 0 Å². The molecule has 0 saturated heterocycles. The molecule has 0 aromatic heterocycles.